The van der Waals surface area contributed by atoms with Crippen molar-refractivity contribution >= 4 is 11.8 Å². The standard InChI is InChI=1S/C19H23F2NS/c1-18(2,3)17(22-14-15-10-6-4-7-11-15)19(20,21)23-16-12-8-5-9-13-16/h4-13,17,22H,14H2,1-3H3. The van der Waals surface area contributed by atoms with E-state index in [4.69, 9.17) is 0 Å². The van der Waals surface area contributed by atoms with Gasteiger partial charge in [0.25, 0.3) is 0 Å². The van der Waals surface area contributed by atoms with Crippen molar-refractivity contribution in [2.75, 3.05) is 0 Å². The molecule has 0 aliphatic heterocycles. The molecule has 0 heterocycles. The van der Waals surface area contributed by atoms with Gasteiger partial charge in [-0.1, -0.05) is 81.1 Å². The molecule has 0 amide bonds. The largest absolute Gasteiger partial charge is 0.313 e. The lowest BCUT2D eigenvalue weighted by atomic mass is 9.86. The molecule has 4 heteroatoms. The Labute approximate surface area is 141 Å². The molecule has 124 valence electrons. The Morgan fingerprint density at radius 1 is 0.913 bits per heavy atom. The fraction of sp³-hybridized carbons (Fsp3) is 0.368. The minimum atomic E-state index is -2.91. The van der Waals surface area contributed by atoms with Gasteiger partial charge in [0.2, 0.25) is 0 Å². The lowest BCUT2D eigenvalue weighted by Crippen LogP contribution is -2.51. The first-order valence-electron chi connectivity index (χ1n) is 7.68. The Balaban J connectivity index is 2.13. The molecule has 0 aliphatic rings. The highest BCUT2D eigenvalue weighted by molar-refractivity contribution is 8.00. The van der Waals surface area contributed by atoms with Crippen molar-refractivity contribution < 1.29 is 8.78 Å². The van der Waals surface area contributed by atoms with Crippen LogP contribution in [0, 0.1) is 5.41 Å². The third-order valence-electron chi connectivity index (χ3n) is 3.55. The molecule has 1 atom stereocenters. The van der Waals surface area contributed by atoms with Gasteiger partial charge >= 0.3 is 5.25 Å². The van der Waals surface area contributed by atoms with Crippen LogP contribution in [-0.2, 0) is 6.54 Å². The monoisotopic (exact) mass is 335 g/mol. The smallest absolute Gasteiger partial charge is 0.303 e. The molecule has 0 spiro atoms. The fourth-order valence-corrected chi connectivity index (χ4v) is 3.61. The summed E-state index contributed by atoms with van der Waals surface area (Å²) in [7, 11) is 0. The van der Waals surface area contributed by atoms with Crippen LogP contribution in [0.2, 0.25) is 0 Å². The molecule has 0 aliphatic carbocycles. The molecular weight excluding hydrogens is 312 g/mol. The Morgan fingerprint density at radius 2 is 1.43 bits per heavy atom. The highest BCUT2D eigenvalue weighted by Gasteiger charge is 2.46. The van der Waals surface area contributed by atoms with Crippen molar-refractivity contribution in [2.24, 2.45) is 5.41 Å². The summed E-state index contributed by atoms with van der Waals surface area (Å²) in [5.41, 5.74) is 0.433. The predicted octanol–water partition coefficient (Wildman–Crippen LogP) is 5.58. The van der Waals surface area contributed by atoms with Gasteiger partial charge in [-0.15, -0.1) is 0 Å². The van der Waals surface area contributed by atoms with E-state index in [0.717, 1.165) is 5.56 Å². The molecule has 0 fully saturated rings. The summed E-state index contributed by atoms with van der Waals surface area (Å²) in [4.78, 5) is 0.577. The van der Waals surface area contributed by atoms with Crippen molar-refractivity contribution in [1.29, 1.82) is 0 Å². The summed E-state index contributed by atoms with van der Waals surface area (Å²) in [6, 6.07) is 17.5. The SMILES string of the molecule is CC(C)(C)C(NCc1ccccc1)C(F)(F)Sc1ccccc1. The first-order chi connectivity index (χ1) is 10.8. The maximum absolute atomic E-state index is 14.9. The second kappa shape index (κ2) is 7.45. The van der Waals surface area contributed by atoms with E-state index in [9.17, 15) is 8.78 Å². The van der Waals surface area contributed by atoms with E-state index in [1.54, 1.807) is 24.3 Å². The normalized spacial score (nSPS) is 13.8. The highest BCUT2D eigenvalue weighted by Crippen LogP contribution is 2.44. The Kier molecular flexibility index (Phi) is 5.82. The minimum absolute atomic E-state index is 0.424. The molecule has 2 aromatic carbocycles. The molecular formula is C19H23F2NS. The molecule has 0 radical (unpaired) electrons. The molecule has 2 aromatic rings. The minimum Gasteiger partial charge on any atom is -0.303 e. The van der Waals surface area contributed by atoms with Crippen molar-refractivity contribution in [3.8, 4) is 0 Å². The summed E-state index contributed by atoms with van der Waals surface area (Å²) in [6.45, 7) is 5.95. The van der Waals surface area contributed by atoms with Crippen LogP contribution in [0.4, 0.5) is 8.78 Å². The van der Waals surface area contributed by atoms with Gasteiger partial charge in [-0.3, -0.25) is 0 Å². The van der Waals surface area contributed by atoms with Gasteiger partial charge in [-0.25, -0.2) is 0 Å². The Morgan fingerprint density at radius 3 is 1.96 bits per heavy atom. The fourth-order valence-electron chi connectivity index (χ4n) is 2.45. The van der Waals surface area contributed by atoms with Gasteiger partial charge in [-0.2, -0.15) is 8.78 Å². The molecule has 23 heavy (non-hydrogen) atoms. The van der Waals surface area contributed by atoms with E-state index in [-0.39, 0.29) is 0 Å². The van der Waals surface area contributed by atoms with Gasteiger partial charge in [-0.05, 0) is 23.1 Å². The molecule has 1 unspecified atom stereocenters. The van der Waals surface area contributed by atoms with Crippen LogP contribution >= 0.6 is 11.8 Å². The van der Waals surface area contributed by atoms with Crippen LogP contribution in [0.3, 0.4) is 0 Å². The number of hydrogen-bond acceptors (Lipinski definition) is 2. The number of benzene rings is 2. The molecule has 2 rings (SSSR count). The third kappa shape index (κ3) is 5.33. The number of halogens is 2. The number of rotatable bonds is 6. The molecule has 1 nitrogen and oxygen atoms in total. The number of alkyl halides is 2. The molecule has 0 bridgehead atoms. The first-order valence-corrected chi connectivity index (χ1v) is 8.50. The van der Waals surface area contributed by atoms with E-state index in [2.05, 4.69) is 5.32 Å². The van der Waals surface area contributed by atoms with Crippen molar-refractivity contribution in [2.45, 2.75) is 43.5 Å². The molecule has 1 N–H and O–H groups in total. The summed E-state index contributed by atoms with van der Waals surface area (Å²) in [6.07, 6.45) is 0. The van der Waals surface area contributed by atoms with Crippen molar-refractivity contribution in [1.82, 2.24) is 5.32 Å². The lowest BCUT2D eigenvalue weighted by Gasteiger charge is -2.37. The number of thioether (sulfide) groups is 1. The number of nitrogens with one attached hydrogen (secondary N) is 1. The number of hydrogen-bond donors (Lipinski definition) is 1. The van der Waals surface area contributed by atoms with Crippen LogP contribution in [0.25, 0.3) is 0 Å². The molecule has 0 saturated carbocycles. The highest BCUT2D eigenvalue weighted by atomic mass is 32.2. The summed E-state index contributed by atoms with van der Waals surface area (Å²) >= 11 is 0.620. The van der Waals surface area contributed by atoms with Gasteiger partial charge in [0.15, 0.2) is 0 Å². The molecule has 0 saturated heterocycles. The van der Waals surface area contributed by atoms with Crippen molar-refractivity contribution in [3.05, 3.63) is 66.2 Å². The molecule has 0 aromatic heterocycles. The van der Waals surface area contributed by atoms with Crippen LogP contribution in [0.5, 0.6) is 0 Å². The Bertz CT molecular complexity index is 594. The maximum atomic E-state index is 14.9. The lowest BCUT2D eigenvalue weighted by molar-refractivity contribution is 0.0109. The topological polar surface area (TPSA) is 12.0 Å². The van der Waals surface area contributed by atoms with Gasteiger partial charge < -0.3 is 5.32 Å². The first kappa shape index (κ1) is 18.0. The zero-order valence-electron chi connectivity index (χ0n) is 13.7. The van der Waals surface area contributed by atoms with E-state index in [0.29, 0.717) is 23.2 Å². The van der Waals surface area contributed by atoms with E-state index in [1.165, 1.54) is 0 Å². The predicted molar refractivity (Wildman–Crippen MR) is 93.8 cm³/mol. The van der Waals surface area contributed by atoms with Crippen LogP contribution in [0.15, 0.2) is 65.6 Å². The maximum Gasteiger partial charge on any atom is 0.313 e. The zero-order valence-corrected chi connectivity index (χ0v) is 14.5. The third-order valence-corrected chi connectivity index (χ3v) is 4.57. The second-order valence-electron chi connectivity index (χ2n) is 6.64. The Hall–Kier alpha value is -1.39. The van der Waals surface area contributed by atoms with Crippen LogP contribution in [-0.4, -0.2) is 11.3 Å². The van der Waals surface area contributed by atoms with E-state index < -0.39 is 16.7 Å². The average molecular weight is 335 g/mol. The van der Waals surface area contributed by atoms with Crippen molar-refractivity contribution in [3.63, 3.8) is 0 Å². The van der Waals surface area contributed by atoms with E-state index >= 15 is 0 Å². The summed E-state index contributed by atoms with van der Waals surface area (Å²) < 4.78 is 29.7. The summed E-state index contributed by atoms with van der Waals surface area (Å²) in [5, 5.41) is 0.157. The van der Waals surface area contributed by atoms with Gasteiger partial charge in [0.1, 0.15) is 0 Å². The summed E-state index contributed by atoms with van der Waals surface area (Å²) in [5.74, 6) is 0. The second-order valence-corrected chi connectivity index (χ2v) is 7.86. The average Bonchev–Trinajstić information content (AvgIpc) is 2.47. The van der Waals surface area contributed by atoms with Crippen LogP contribution in [0.1, 0.15) is 26.3 Å². The zero-order chi connectivity index (χ0) is 16.9. The van der Waals surface area contributed by atoms with Gasteiger partial charge in [0.05, 0.1) is 6.04 Å². The quantitative estimate of drug-likeness (QED) is 0.692. The van der Waals surface area contributed by atoms with Gasteiger partial charge in [0, 0.05) is 11.4 Å². The van der Waals surface area contributed by atoms with E-state index in [1.807, 2.05) is 57.2 Å². The van der Waals surface area contributed by atoms with Crippen LogP contribution < -0.4 is 5.32 Å².